The Morgan fingerprint density at radius 1 is 1.28 bits per heavy atom. The number of esters is 1. The van der Waals surface area contributed by atoms with E-state index in [1.54, 1.807) is 38.1 Å². The highest BCUT2D eigenvalue weighted by atomic mass is 35.5. The van der Waals surface area contributed by atoms with Gasteiger partial charge in [-0.05, 0) is 31.9 Å². The highest BCUT2D eigenvalue weighted by molar-refractivity contribution is 7.91. The number of carbonyl (C=O) groups excluding carboxylic acids is 3. The van der Waals surface area contributed by atoms with Gasteiger partial charge in [0.05, 0.1) is 36.1 Å². The SMILES string of the molecule is CC(C)OC(=O)CC(NC(=O)C1=NN(C2CCS(=O)(=O)C2)C(=O)CC1)c1ccccc1Cl. The molecular formula is C21H26ClN3O6S. The van der Waals surface area contributed by atoms with E-state index in [0.29, 0.717) is 10.6 Å². The number of hydrogen-bond donors (Lipinski definition) is 1. The van der Waals surface area contributed by atoms with Crippen molar-refractivity contribution < 1.29 is 27.5 Å². The topological polar surface area (TPSA) is 122 Å². The smallest absolute Gasteiger partial charge is 0.308 e. The number of nitrogens with one attached hydrogen (secondary N) is 1. The normalized spacial score (nSPS) is 21.2. The first kappa shape index (κ1) is 24.2. The van der Waals surface area contributed by atoms with Crippen LogP contribution in [-0.2, 0) is 29.0 Å². The van der Waals surface area contributed by atoms with E-state index in [4.69, 9.17) is 16.3 Å². The molecule has 1 aromatic carbocycles. The van der Waals surface area contributed by atoms with Crippen molar-refractivity contribution in [3.8, 4) is 0 Å². The number of sulfone groups is 1. The van der Waals surface area contributed by atoms with Gasteiger partial charge in [-0.3, -0.25) is 14.4 Å². The molecule has 1 aromatic rings. The fraction of sp³-hybridized carbons (Fsp3) is 0.524. The van der Waals surface area contributed by atoms with E-state index >= 15 is 0 Å². The molecule has 0 spiro atoms. The van der Waals surface area contributed by atoms with Crippen molar-refractivity contribution in [2.45, 2.75) is 57.7 Å². The summed E-state index contributed by atoms with van der Waals surface area (Å²) in [5.41, 5.74) is 0.651. The molecule has 1 saturated heterocycles. The Hall–Kier alpha value is -2.46. The van der Waals surface area contributed by atoms with Crippen LogP contribution in [-0.4, -0.2) is 60.6 Å². The largest absolute Gasteiger partial charge is 0.463 e. The monoisotopic (exact) mass is 483 g/mol. The Balaban J connectivity index is 1.80. The van der Waals surface area contributed by atoms with Crippen LogP contribution in [0.5, 0.6) is 0 Å². The Bertz CT molecular complexity index is 1040. The van der Waals surface area contributed by atoms with Crippen LogP contribution >= 0.6 is 11.6 Å². The molecule has 1 N–H and O–H groups in total. The van der Waals surface area contributed by atoms with E-state index in [1.165, 1.54) is 0 Å². The summed E-state index contributed by atoms with van der Waals surface area (Å²) in [6.45, 7) is 3.46. The van der Waals surface area contributed by atoms with E-state index in [0.717, 1.165) is 5.01 Å². The molecule has 0 bridgehead atoms. The number of ether oxygens (including phenoxy) is 1. The molecule has 0 aliphatic carbocycles. The maximum absolute atomic E-state index is 13.0. The minimum absolute atomic E-state index is 0.00889. The van der Waals surface area contributed by atoms with Crippen molar-refractivity contribution in [3.63, 3.8) is 0 Å². The lowest BCUT2D eigenvalue weighted by atomic mass is 10.0. The average molecular weight is 484 g/mol. The van der Waals surface area contributed by atoms with Crippen LogP contribution in [0, 0.1) is 0 Å². The number of hydrazone groups is 1. The zero-order valence-corrected chi connectivity index (χ0v) is 19.5. The van der Waals surface area contributed by atoms with Crippen molar-refractivity contribution >= 4 is 44.9 Å². The summed E-state index contributed by atoms with van der Waals surface area (Å²) in [5, 5.41) is 8.47. The van der Waals surface area contributed by atoms with Crippen LogP contribution in [0.25, 0.3) is 0 Å². The van der Waals surface area contributed by atoms with E-state index in [-0.39, 0.29) is 54.9 Å². The summed E-state index contributed by atoms with van der Waals surface area (Å²) in [4.78, 5) is 37.6. The Morgan fingerprint density at radius 2 is 2.00 bits per heavy atom. The third kappa shape index (κ3) is 6.07. The quantitative estimate of drug-likeness (QED) is 0.592. The fourth-order valence-electron chi connectivity index (χ4n) is 3.70. The number of amides is 2. The van der Waals surface area contributed by atoms with Crippen LogP contribution < -0.4 is 5.32 Å². The van der Waals surface area contributed by atoms with Crippen molar-refractivity contribution in [3.05, 3.63) is 34.9 Å². The Kier molecular flexibility index (Phi) is 7.55. The number of carbonyl (C=O) groups is 3. The molecule has 3 rings (SSSR count). The average Bonchev–Trinajstić information content (AvgIpc) is 3.07. The fourth-order valence-corrected chi connectivity index (χ4v) is 5.66. The van der Waals surface area contributed by atoms with E-state index in [9.17, 15) is 22.8 Å². The molecule has 0 aromatic heterocycles. The first-order valence-corrected chi connectivity index (χ1v) is 12.6. The molecule has 2 atom stereocenters. The van der Waals surface area contributed by atoms with Gasteiger partial charge in [-0.1, -0.05) is 29.8 Å². The molecule has 174 valence electrons. The molecule has 32 heavy (non-hydrogen) atoms. The first-order valence-electron chi connectivity index (χ1n) is 10.4. The van der Waals surface area contributed by atoms with Crippen molar-refractivity contribution in [2.24, 2.45) is 5.10 Å². The number of halogens is 1. The minimum atomic E-state index is -3.22. The van der Waals surface area contributed by atoms with Crippen LogP contribution in [0.1, 0.15) is 51.1 Å². The van der Waals surface area contributed by atoms with Gasteiger partial charge in [0.15, 0.2) is 9.84 Å². The summed E-state index contributed by atoms with van der Waals surface area (Å²) in [6.07, 6.45) is 0.0108. The minimum Gasteiger partial charge on any atom is -0.463 e. The lowest BCUT2D eigenvalue weighted by molar-refractivity contribution is -0.148. The molecule has 2 amide bonds. The van der Waals surface area contributed by atoms with E-state index in [1.807, 2.05) is 0 Å². The van der Waals surface area contributed by atoms with E-state index in [2.05, 4.69) is 10.4 Å². The highest BCUT2D eigenvalue weighted by Crippen LogP contribution is 2.27. The maximum atomic E-state index is 13.0. The lowest BCUT2D eigenvalue weighted by Gasteiger charge is -2.28. The molecule has 1 fully saturated rings. The Labute approximate surface area is 192 Å². The van der Waals surface area contributed by atoms with Crippen molar-refractivity contribution in [2.75, 3.05) is 11.5 Å². The molecule has 2 heterocycles. The zero-order chi connectivity index (χ0) is 23.5. The van der Waals surface area contributed by atoms with Crippen molar-refractivity contribution in [1.82, 2.24) is 10.3 Å². The van der Waals surface area contributed by atoms with Crippen molar-refractivity contribution in [1.29, 1.82) is 0 Å². The van der Waals surface area contributed by atoms with Gasteiger partial charge in [0.2, 0.25) is 5.91 Å². The summed E-state index contributed by atoms with van der Waals surface area (Å²) < 4.78 is 28.8. The second-order valence-corrected chi connectivity index (χ2v) is 10.8. The molecule has 2 unspecified atom stereocenters. The standard InChI is InChI=1S/C21H26ClN3O6S/c1-13(2)31-20(27)11-18(15-5-3-4-6-16(15)22)23-21(28)17-7-8-19(26)25(24-17)14-9-10-32(29,30)12-14/h3-6,13-14,18H,7-12H2,1-2H3,(H,23,28). The van der Waals surface area contributed by atoms with Gasteiger partial charge in [-0.2, -0.15) is 5.10 Å². The second kappa shape index (κ2) is 9.99. The summed E-state index contributed by atoms with van der Waals surface area (Å²) in [7, 11) is -3.22. The maximum Gasteiger partial charge on any atom is 0.308 e. The Morgan fingerprint density at radius 3 is 2.62 bits per heavy atom. The zero-order valence-electron chi connectivity index (χ0n) is 17.9. The van der Waals surface area contributed by atoms with Gasteiger partial charge in [-0.25, -0.2) is 13.4 Å². The first-order chi connectivity index (χ1) is 15.1. The molecule has 0 saturated carbocycles. The molecule has 2 aliphatic rings. The predicted octanol–water partition coefficient (Wildman–Crippen LogP) is 2.00. The van der Waals surface area contributed by atoms with Crippen LogP contribution in [0.3, 0.4) is 0 Å². The summed E-state index contributed by atoms with van der Waals surface area (Å²) in [6, 6.07) is 5.51. The van der Waals surface area contributed by atoms with Gasteiger partial charge in [-0.15, -0.1) is 0 Å². The van der Waals surface area contributed by atoms with Crippen LogP contribution in [0.2, 0.25) is 5.02 Å². The molecule has 0 radical (unpaired) electrons. The number of nitrogens with zero attached hydrogens (tertiary/aromatic N) is 2. The molecule has 2 aliphatic heterocycles. The third-order valence-electron chi connectivity index (χ3n) is 5.20. The summed E-state index contributed by atoms with van der Waals surface area (Å²) in [5.74, 6) is -1.54. The second-order valence-electron chi connectivity index (χ2n) is 8.13. The number of rotatable bonds is 7. The lowest BCUT2D eigenvalue weighted by Crippen LogP contribution is -2.44. The van der Waals surface area contributed by atoms with E-state index < -0.39 is 33.8 Å². The molecule has 9 nitrogen and oxygen atoms in total. The van der Waals surface area contributed by atoms with Crippen LogP contribution in [0.4, 0.5) is 0 Å². The van der Waals surface area contributed by atoms with Gasteiger partial charge >= 0.3 is 5.97 Å². The predicted molar refractivity (Wildman–Crippen MR) is 119 cm³/mol. The van der Waals surface area contributed by atoms with Gasteiger partial charge in [0.1, 0.15) is 5.71 Å². The van der Waals surface area contributed by atoms with Crippen LogP contribution in [0.15, 0.2) is 29.4 Å². The van der Waals surface area contributed by atoms with Gasteiger partial charge in [0, 0.05) is 17.9 Å². The third-order valence-corrected chi connectivity index (χ3v) is 7.29. The summed E-state index contributed by atoms with van der Waals surface area (Å²) >= 11 is 6.29. The number of benzene rings is 1. The highest BCUT2D eigenvalue weighted by Gasteiger charge is 2.37. The number of hydrogen-bond acceptors (Lipinski definition) is 7. The van der Waals surface area contributed by atoms with Gasteiger partial charge in [0.25, 0.3) is 5.91 Å². The molecule has 11 heteroatoms. The van der Waals surface area contributed by atoms with Gasteiger partial charge < -0.3 is 10.1 Å². The molecular weight excluding hydrogens is 458 g/mol.